The first kappa shape index (κ1) is 9.73. The van der Waals surface area contributed by atoms with Crippen molar-refractivity contribution in [3.63, 3.8) is 0 Å². The molecule has 0 atom stereocenters. The van der Waals surface area contributed by atoms with Gasteiger partial charge in [0.05, 0.1) is 0 Å². The average Bonchev–Trinajstić information content (AvgIpc) is 2.09. The van der Waals surface area contributed by atoms with Crippen LogP contribution < -0.4 is 16.8 Å². The van der Waals surface area contributed by atoms with Crippen LogP contribution in [0.5, 0.6) is 0 Å². The zero-order valence-electron chi connectivity index (χ0n) is 7.75. The first-order chi connectivity index (χ1) is 6.24. The molecule has 0 aromatic carbocycles. The Kier molecular flexibility index (Phi) is 3.45. The molecule has 0 spiro atoms. The molecule has 0 amide bonds. The van der Waals surface area contributed by atoms with Crippen molar-refractivity contribution >= 4 is 11.8 Å². The van der Waals surface area contributed by atoms with E-state index in [4.69, 9.17) is 11.5 Å². The molecule has 5 nitrogen and oxygen atoms in total. The second-order valence-corrected chi connectivity index (χ2v) is 2.85. The molecule has 0 saturated heterocycles. The van der Waals surface area contributed by atoms with E-state index in [1.54, 1.807) is 6.20 Å². The summed E-state index contributed by atoms with van der Waals surface area (Å²) in [5.41, 5.74) is 12.0. The van der Waals surface area contributed by atoms with Gasteiger partial charge in [0, 0.05) is 11.8 Å². The molecule has 1 aromatic heterocycles. The Morgan fingerprint density at radius 1 is 1.46 bits per heavy atom. The highest BCUT2D eigenvalue weighted by molar-refractivity contribution is 5.41. The average molecular weight is 181 g/mol. The van der Waals surface area contributed by atoms with Crippen LogP contribution in [0.2, 0.25) is 0 Å². The zero-order chi connectivity index (χ0) is 9.68. The third-order valence-electron chi connectivity index (χ3n) is 1.79. The van der Waals surface area contributed by atoms with Crippen LogP contribution in [0.25, 0.3) is 0 Å². The van der Waals surface area contributed by atoms with Gasteiger partial charge in [-0.2, -0.15) is 4.98 Å². The number of nitrogens with one attached hydrogen (secondary N) is 1. The minimum Gasteiger partial charge on any atom is -0.383 e. The molecule has 0 bridgehead atoms. The fourth-order valence-electron chi connectivity index (χ4n) is 1.08. The summed E-state index contributed by atoms with van der Waals surface area (Å²) in [6.07, 6.45) is 3.59. The topological polar surface area (TPSA) is 89.8 Å². The van der Waals surface area contributed by atoms with Gasteiger partial charge in [-0.1, -0.05) is 0 Å². The number of hydrogen-bond donors (Lipinski definition) is 3. The second kappa shape index (κ2) is 4.61. The van der Waals surface area contributed by atoms with Crippen molar-refractivity contribution in [2.45, 2.75) is 12.8 Å². The van der Waals surface area contributed by atoms with Gasteiger partial charge in [0.15, 0.2) is 0 Å². The van der Waals surface area contributed by atoms with Crippen molar-refractivity contribution in [1.29, 1.82) is 0 Å². The largest absolute Gasteiger partial charge is 0.383 e. The van der Waals surface area contributed by atoms with Crippen LogP contribution in [0.15, 0.2) is 6.20 Å². The monoisotopic (exact) mass is 181 g/mol. The highest BCUT2D eigenvalue weighted by Crippen LogP contribution is 2.09. The van der Waals surface area contributed by atoms with Crippen LogP contribution in [-0.2, 0) is 6.42 Å². The Bertz CT molecular complexity index is 273. The highest BCUT2D eigenvalue weighted by Gasteiger charge is 2.01. The van der Waals surface area contributed by atoms with Gasteiger partial charge >= 0.3 is 0 Å². The lowest BCUT2D eigenvalue weighted by Gasteiger charge is -2.03. The zero-order valence-corrected chi connectivity index (χ0v) is 7.75. The van der Waals surface area contributed by atoms with Gasteiger partial charge in [-0.25, -0.2) is 4.98 Å². The number of nitrogens with two attached hydrogens (primary N) is 2. The van der Waals surface area contributed by atoms with Gasteiger partial charge in [-0.15, -0.1) is 0 Å². The maximum atomic E-state index is 5.65. The summed E-state index contributed by atoms with van der Waals surface area (Å²) in [7, 11) is 1.92. The number of hydrogen-bond acceptors (Lipinski definition) is 5. The van der Waals surface area contributed by atoms with Gasteiger partial charge in [-0.05, 0) is 26.4 Å². The number of anilines is 2. The smallest absolute Gasteiger partial charge is 0.221 e. The van der Waals surface area contributed by atoms with Gasteiger partial charge in [0.2, 0.25) is 5.95 Å². The molecule has 5 heteroatoms. The Morgan fingerprint density at radius 2 is 2.23 bits per heavy atom. The Hall–Kier alpha value is -1.36. The van der Waals surface area contributed by atoms with E-state index in [9.17, 15) is 0 Å². The van der Waals surface area contributed by atoms with Gasteiger partial charge < -0.3 is 16.8 Å². The lowest BCUT2D eigenvalue weighted by Crippen LogP contribution is -2.10. The molecule has 0 aliphatic rings. The van der Waals surface area contributed by atoms with Gasteiger partial charge in [-0.3, -0.25) is 0 Å². The molecule has 0 saturated carbocycles. The van der Waals surface area contributed by atoms with E-state index in [1.807, 2.05) is 7.05 Å². The van der Waals surface area contributed by atoms with Crippen molar-refractivity contribution in [3.8, 4) is 0 Å². The number of aromatic nitrogens is 2. The molecule has 0 fully saturated rings. The minimum absolute atomic E-state index is 0.231. The first-order valence-corrected chi connectivity index (χ1v) is 4.25. The lowest BCUT2D eigenvalue weighted by atomic mass is 10.2. The first-order valence-electron chi connectivity index (χ1n) is 4.25. The van der Waals surface area contributed by atoms with Crippen molar-refractivity contribution in [2.24, 2.45) is 0 Å². The minimum atomic E-state index is 0.231. The van der Waals surface area contributed by atoms with Crippen LogP contribution in [0.1, 0.15) is 12.0 Å². The van der Waals surface area contributed by atoms with Gasteiger partial charge in [0.1, 0.15) is 5.82 Å². The lowest BCUT2D eigenvalue weighted by molar-refractivity contribution is 0.723. The Morgan fingerprint density at radius 3 is 2.85 bits per heavy atom. The molecule has 1 aromatic rings. The van der Waals surface area contributed by atoms with Crippen molar-refractivity contribution in [3.05, 3.63) is 11.8 Å². The summed E-state index contributed by atoms with van der Waals surface area (Å²) in [4.78, 5) is 7.76. The Balaban J connectivity index is 2.56. The van der Waals surface area contributed by atoms with Crippen LogP contribution in [0.3, 0.4) is 0 Å². The second-order valence-electron chi connectivity index (χ2n) is 2.85. The summed E-state index contributed by atoms with van der Waals surface area (Å²) >= 11 is 0. The molecular weight excluding hydrogens is 166 g/mol. The highest BCUT2D eigenvalue weighted by atomic mass is 15.0. The molecule has 5 N–H and O–H groups in total. The van der Waals surface area contributed by atoms with E-state index in [1.165, 1.54) is 0 Å². The van der Waals surface area contributed by atoms with E-state index in [0.717, 1.165) is 24.9 Å². The standard InChI is InChI=1S/C8H15N5/c1-11-4-2-3-6-5-12-8(10)13-7(6)9/h5,11H,2-4H2,1H3,(H4,9,10,12,13). The van der Waals surface area contributed by atoms with E-state index in [0.29, 0.717) is 5.82 Å². The number of nitrogens with zero attached hydrogens (tertiary/aromatic N) is 2. The van der Waals surface area contributed by atoms with E-state index in [2.05, 4.69) is 15.3 Å². The molecule has 0 unspecified atom stereocenters. The van der Waals surface area contributed by atoms with E-state index < -0.39 is 0 Å². The molecule has 0 aliphatic heterocycles. The molecule has 1 heterocycles. The fourth-order valence-corrected chi connectivity index (χ4v) is 1.08. The Labute approximate surface area is 77.6 Å². The summed E-state index contributed by atoms with van der Waals surface area (Å²) in [6, 6.07) is 0. The van der Waals surface area contributed by atoms with Crippen LogP contribution in [-0.4, -0.2) is 23.6 Å². The molecule has 1 rings (SSSR count). The maximum absolute atomic E-state index is 5.65. The number of nitrogen functional groups attached to an aromatic ring is 2. The molecule has 13 heavy (non-hydrogen) atoms. The van der Waals surface area contributed by atoms with Crippen molar-refractivity contribution < 1.29 is 0 Å². The third-order valence-corrected chi connectivity index (χ3v) is 1.79. The normalized spacial score (nSPS) is 10.2. The van der Waals surface area contributed by atoms with Crippen molar-refractivity contribution in [1.82, 2.24) is 15.3 Å². The number of rotatable bonds is 4. The molecular formula is C8H15N5. The molecule has 72 valence electrons. The summed E-state index contributed by atoms with van der Waals surface area (Å²) in [5, 5.41) is 3.06. The fraction of sp³-hybridized carbons (Fsp3) is 0.500. The van der Waals surface area contributed by atoms with Crippen LogP contribution in [0.4, 0.5) is 11.8 Å². The molecule has 0 radical (unpaired) electrons. The van der Waals surface area contributed by atoms with E-state index in [-0.39, 0.29) is 5.95 Å². The molecule has 0 aliphatic carbocycles. The van der Waals surface area contributed by atoms with Gasteiger partial charge in [0.25, 0.3) is 0 Å². The maximum Gasteiger partial charge on any atom is 0.221 e. The third kappa shape index (κ3) is 2.87. The number of aryl methyl sites for hydroxylation is 1. The summed E-state index contributed by atoms with van der Waals surface area (Å²) in [5.74, 6) is 0.721. The van der Waals surface area contributed by atoms with Crippen LogP contribution >= 0.6 is 0 Å². The summed E-state index contributed by atoms with van der Waals surface area (Å²) < 4.78 is 0. The van der Waals surface area contributed by atoms with Crippen LogP contribution in [0, 0.1) is 0 Å². The quantitative estimate of drug-likeness (QED) is 0.559. The predicted octanol–water partition coefficient (Wildman–Crippen LogP) is -0.207. The predicted molar refractivity (Wildman–Crippen MR) is 53.1 cm³/mol. The van der Waals surface area contributed by atoms with Crippen molar-refractivity contribution in [2.75, 3.05) is 25.1 Å². The SMILES string of the molecule is CNCCCc1cnc(N)nc1N. The summed E-state index contributed by atoms with van der Waals surface area (Å²) in [6.45, 7) is 0.962. The van der Waals surface area contributed by atoms with E-state index >= 15 is 0 Å².